The van der Waals surface area contributed by atoms with Crippen molar-refractivity contribution in [3.8, 4) is 0 Å². The molecule has 2 nitrogen and oxygen atoms in total. The van der Waals surface area contributed by atoms with Crippen LogP contribution in [0.1, 0.15) is 36.3 Å². The zero-order valence-electron chi connectivity index (χ0n) is 9.48. The van der Waals surface area contributed by atoms with Gasteiger partial charge < -0.3 is 4.74 Å². The van der Waals surface area contributed by atoms with E-state index in [1.807, 2.05) is 31.2 Å². The van der Waals surface area contributed by atoms with Gasteiger partial charge >= 0.3 is 5.97 Å². The summed E-state index contributed by atoms with van der Waals surface area (Å²) in [4.78, 5) is 11.8. The van der Waals surface area contributed by atoms with Crippen LogP contribution in [0.3, 0.4) is 0 Å². The van der Waals surface area contributed by atoms with Crippen LogP contribution in [0.5, 0.6) is 0 Å². The van der Waals surface area contributed by atoms with Crippen LogP contribution >= 0.6 is 0 Å². The van der Waals surface area contributed by atoms with E-state index in [1.165, 1.54) is 5.56 Å². The molecule has 0 aromatic heterocycles. The molecule has 0 amide bonds. The Balaban J connectivity index is 2.32. The average molecular weight is 216 g/mol. The van der Waals surface area contributed by atoms with E-state index in [1.54, 1.807) is 0 Å². The quantitative estimate of drug-likeness (QED) is 0.573. The molecule has 0 spiro atoms. The average Bonchev–Trinajstić information content (AvgIpc) is 2.68. The predicted octanol–water partition coefficient (Wildman–Crippen LogP) is 3.01. The molecule has 0 saturated heterocycles. The molecule has 0 N–H and O–H groups in total. The summed E-state index contributed by atoms with van der Waals surface area (Å²) in [6, 6.07) is 8.06. The molecule has 0 saturated carbocycles. The Morgan fingerprint density at radius 1 is 1.50 bits per heavy atom. The Labute approximate surface area is 95.9 Å². The summed E-state index contributed by atoms with van der Waals surface area (Å²) < 4.78 is 5.10. The zero-order chi connectivity index (χ0) is 11.5. The fraction of sp³-hybridized carbons (Fsp3) is 0.357. The zero-order valence-corrected chi connectivity index (χ0v) is 9.48. The van der Waals surface area contributed by atoms with Crippen molar-refractivity contribution in [3.05, 3.63) is 48.0 Å². The minimum atomic E-state index is -0.112. The number of allylic oxidation sites excluding steroid dienone is 1. The van der Waals surface area contributed by atoms with Crippen LogP contribution in [0.15, 0.2) is 36.9 Å². The summed E-state index contributed by atoms with van der Waals surface area (Å²) in [7, 11) is 0. The summed E-state index contributed by atoms with van der Waals surface area (Å²) in [6.45, 7) is 6.11. The number of esters is 1. The van der Waals surface area contributed by atoms with Gasteiger partial charge in [0.15, 0.2) is 0 Å². The molecule has 2 atom stereocenters. The largest absolute Gasteiger partial charge is 0.466 e. The van der Waals surface area contributed by atoms with Gasteiger partial charge in [-0.1, -0.05) is 30.3 Å². The summed E-state index contributed by atoms with van der Waals surface area (Å²) in [5.41, 5.74) is 2.32. The number of benzene rings is 1. The highest BCUT2D eigenvalue weighted by atomic mass is 16.5. The highest BCUT2D eigenvalue weighted by Crippen LogP contribution is 2.42. The maximum Gasteiger partial charge on any atom is 0.313 e. The first-order valence-electron chi connectivity index (χ1n) is 5.66. The van der Waals surface area contributed by atoms with Gasteiger partial charge in [0.2, 0.25) is 0 Å². The molecular formula is C14H16O2. The van der Waals surface area contributed by atoms with Crippen molar-refractivity contribution in [2.24, 2.45) is 0 Å². The molecule has 0 fully saturated rings. The molecular weight excluding hydrogens is 200 g/mol. The van der Waals surface area contributed by atoms with Gasteiger partial charge in [-0.15, -0.1) is 6.58 Å². The van der Waals surface area contributed by atoms with E-state index in [0.717, 1.165) is 12.0 Å². The minimum Gasteiger partial charge on any atom is -0.466 e. The van der Waals surface area contributed by atoms with Gasteiger partial charge in [-0.05, 0) is 24.5 Å². The van der Waals surface area contributed by atoms with Crippen LogP contribution in [0.25, 0.3) is 0 Å². The van der Waals surface area contributed by atoms with Gasteiger partial charge in [0, 0.05) is 5.92 Å². The Bertz CT molecular complexity index is 409. The lowest BCUT2D eigenvalue weighted by molar-refractivity contribution is -0.144. The number of hydrogen-bond acceptors (Lipinski definition) is 2. The van der Waals surface area contributed by atoms with Gasteiger partial charge in [0.25, 0.3) is 0 Å². The molecule has 0 heterocycles. The van der Waals surface area contributed by atoms with E-state index < -0.39 is 0 Å². The number of ether oxygens (including phenoxy) is 1. The molecule has 2 heteroatoms. The van der Waals surface area contributed by atoms with Crippen LogP contribution in [0, 0.1) is 0 Å². The van der Waals surface area contributed by atoms with Crippen molar-refractivity contribution in [1.29, 1.82) is 0 Å². The fourth-order valence-electron chi connectivity index (χ4n) is 2.36. The topological polar surface area (TPSA) is 26.3 Å². The lowest BCUT2D eigenvalue weighted by Crippen LogP contribution is -2.13. The highest BCUT2D eigenvalue weighted by molar-refractivity contribution is 5.80. The van der Waals surface area contributed by atoms with E-state index in [9.17, 15) is 4.79 Å². The van der Waals surface area contributed by atoms with Gasteiger partial charge in [0.05, 0.1) is 12.5 Å². The summed E-state index contributed by atoms with van der Waals surface area (Å²) in [6.07, 6.45) is 2.71. The van der Waals surface area contributed by atoms with E-state index in [4.69, 9.17) is 4.74 Å². The van der Waals surface area contributed by atoms with Crippen LogP contribution in [-0.4, -0.2) is 12.6 Å². The van der Waals surface area contributed by atoms with Crippen molar-refractivity contribution < 1.29 is 9.53 Å². The molecule has 1 aromatic rings. The van der Waals surface area contributed by atoms with Crippen molar-refractivity contribution >= 4 is 5.97 Å². The predicted molar refractivity (Wildman–Crippen MR) is 63.4 cm³/mol. The lowest BCUT2D eigenvalue weighted by atomic mass is 10.0. The smallest absolute Gasteiger partial charge is 0.313 e. The number of rotatable bonds is 3. The SMILES string of the molecule is C=CC1CC(C(=O)OCC)c2ccccc21. The molecule has 0 radical (unpaired) electrons. The van der Waals surface area contributed by atoms with E-state index in [2.05, 4.69) is 12.6 Å². The van der Waals surface area contributed by atoms with E-state index >= 15 is 0 Å². The molecule has 2 rings (SSSR count). The molecule has 1 aliphatic carbocycles. The molecule has 1 aromatic carbocycles. The molecule has 84 valence electrons. The van der Waals surface area contributed by atoms with Gasteiger partial charge in [-0.25, -0.2) is 0 Å². The highest BCUT2D eigenvalue weighted by Gasteiger charge is 2.34. The van der Waals surface area contributed by atoms with Crippen molar-refractivity contribution in [1.82, 2.24) is 0 Å². The van der Waals surface area contributed by atoms with Gasteiger partial charge in [0.1, 0.15) is 0 Å². The van der Waals surface area contributed by atoms with Gasteiger partial charge in [-0.3, -0.25) is 4.79 Å². The van der Waals surface area contributed by atoms with Crippen molar-refractivity contribution in [3.63, 3.8) is 0 Å². The first-order chi connectivity index (χ1) is 7.77. The Kier molecular flexibility index (Phi) is 3.09. The fourth-order valence-corrected chi connectivity index (χ4v) is 2.36. The van der Waals surface area contributed by atoms with E-state index in [-0.39, 0.29) is 17.8 Å². The maximum absolute atomic E-state index is 11.8. The van der Waals surface area contributed by atoms with E-state index in [0.29, 0.717) is 6.61 Å². The normalized spacial score (nSPS) is 22.6. The molecule has 0 aliphatic heterocycles. The third kappa shape index (κ3) is 1.75. The second kappa shape index (κ2) is 4.52. The Morgan fingerprint density at radius 3 is 2.81 bits per heavy atom. The molecule has 0 bridgehead atoms. The number of hydrogen-bond donors (Lipinski definition) is 0. The first-order valence-corrected chi connectivity index (χ1v) is 5.66. The number of fused-ring (bicyclic) bond motifs is 1. The number of carbonyl (C=O) groups is 1. The van der Waals surface area contributed by atoms with Crippen molar-refractivity contribution in [2.45, 2.75) is 25.2 Å². The third-order valence-corrected chi connectivity index (χ3v) is 3.12. The summed E-state index contributed by atoms with van der Waals surface area (Å²) in [5, 5.41) is 0. The van der Waals surface area contributed by atoms with Crippen LogP contribution in [-0.2, 0) is 9.53 Å². The van der Waals surface area contributed by atoms with Crippen LogP contribution in [0.4, 0.5) is 0 Å². The summed E-state index contributed by atoms with van der Waals surface area (Å²) >= 11 is 0. The van der Waals surface area contributed by atoms with Crippen LogP contribution < -0.4 is 0 Å². The van der Waals surface area contributed by atoms with Crippen molar-refractivity contribution in [2.75, 3.05) is 6.61 Å². The number of carbonyl (C=O) groups excluding carboxylic acids is 1. The Morgan fingerprint density at radius 2 is 2.19 bits per heavy atom. The van der Waals surface area contributed by atoms with Gasteiger partial charge in [-0.2, -0.15) is 0 Å². The molecule has 16 heavy (non-hydrogen) atoms. The lowest BCUT2D eigenvalue weighted by Gasteiger charge is -2.09. The second-order valence-corrected chi connectivity index (χ2v) is 4.01. The first kappa shape index (κ1) is 10.9. The third-order valence-electron chi connectivity index (χ3n) is 3.12. The summed E-state index contributed by atoms with van der Waals surface area (Å²) in [5.74, 6) is 0.0593. The molecule has 2 unspecified atom stereocenters. The maximum atomic E-state index is 11.8. The standard InChI is InChI=1S/C14H16O2/c1-3-10-9-13(14(15)16-4-2)12-8-6-5-7-11(10)12/h3,5-8,10,13H,1,4,9H2,2H3. The minimum absolute atomic E-state index is 0.112. The molecule has 1 aliphatic rings. The van der Waals surface area contributed by atoms with Crippen LogP contribution in [0.2, 0.25) is 0 Å². The second-order valence-electron chi connectivity index (χ2n) is 4.01. The monoisotopic (exact) mass is 216 g/mol. The Hall–Kier alpha value is -1.57.